The third-order valence-corrected chi connectivity index (χ3v) is 5.85. The number of hydrogen-bond donors (Lipinski definition) is 2. The fraction of sp³-hybridized carbons (Fsp3) is 0.333. The molecule has 3 aromatic rings. The number of fused-ring (bicyclic) bond motifs is 1. The van der Waals surface area contributed by atoms with Gasteiger partial charge in [-0.05, 0) is 74.2 Å². The number of oxazole rings is 1. The van der Waals surface area contributed by atoms with Gasteiger partial charge in [0.1, 0.15) is 11.3 Å². The Labute approximate surface area is 156 Å². The van der Waals surface area contributed by atoms with E-state index < -0.39 is 0 Å². The molecule has 1 saturated heterocycles. The minimum Gasteiger partial charge on any atom is -0.436 e. The second-order valence-electron chi connectivity index (χ2n) is 7.57. The van der Waals surface area contributed by atoms with E-state index in [1.807, 2.05) is 12.1 Å². The van der Waals surface area contributed by atoms with Crippen LogP contribution in [0.5, 0.6) is 0 Å². The Morgan fingerprint density at radius 3 is 2.74 bits per heavy atom. The van der Waals surface area contributed by atoms with Gasteiger partial charge < -0.3 is 15.1 Å². The van der Waals surface area contributed by atoms with Crippen LogP contribution in [0.25, 0.3) is 22.6 Å². The maximum absolute atomic E-state index is 13.1. The predicted octanol–water partition coefficient (Wildman–Crippen LogP) is 3.96. The van der Waals surface area contributed by atoms with Crippen molar-refractivity contribution in [1.29, 1.82) is 0 Å². The van der Waals surface area contributed by atoms with Crippen LogP contribution in [0.4, 0.5) is 10.1 Å². The molecule has 0 radical (unpaired) electrons. The molecule has 1 saturated carbocycles. The summed E-state index contributed by atoms with van der Waals surface area (Å²) in [5, 5.41) is 6.38. The van der Waals surface area contributed by atoms with Gasteiger partial charge in [0.25, 0.3) is 0 Å². The van der Waals surface area contributed by atoms with Crippen molar-refractivity contribution in [1.82, 2.24) is 10.3 Å². The quantitative estimate of drug-likeness (QED) is 0.737. The monoisotopic (exact) mass is 365 g/mol. The molecule has 1 amide bonds. The van der Waals surface area contributed by atoms with Gasteiger partial charge >= 0.3 is 0 Å². The summed E-state index contributed by atoms with van der Waals surface area (Å²) in [6.45, 7) is 2.00. The molecule has 2 fully saturated rings. The van der Waals surface area contributed by atoms with Crippen molar-refractivity contribution in [2.45, 2.75) is 19.3 Å². The van der Waals surface area contributed by atoms with E-state index in [9.17, 15) is 9.18 Å². The second kappa shape index (κ2) is 6.16. The lowest BCUT2D eigenvalue weighted by Gasteiger charge is -2.23. The Morgan fingerprint density at radius 1 is 1.19 bits per heavy atom. The van der Waals surface area contributed by atoms with Gasteiger partial charge in [-0.2, -0.15) is 0 Å². The van der Waals surface area contributed by atoms with Crippen molar-refractivity contribution < 1.29 is 13.6 Å². The number of carbonyl (C=O) groups is 1. The first-order valence-electron chi connectivity index (χ1n) is 9.31. The van der Waals surface area contributed by atoms with Gasteiger partial charge in [0.05, 0.1) is 0 Å². The Hall–Kier alpha value is -2.73. The van der Waals surface area contributed by atoms with Crippen LogP contribution in [-0.4, -0.2) is 24.0 Å². The molecule has 138 valence electrons. The lowest BCUT2D eigenvalue weighted by molar-refractivity contribution is -0.118. The average Bonchev–Trinajstić information content (AvgIpc) is 3.19. The van der Waals surface area contributed by atoms with E-state index in [2.05, 4.69) is 15.6 Å². The maximum atomic E-state index is 13.1. The Morgan fingerprint density at radius 2 is 1.96 bits per heavy atom. The van der Waals surface area contributed by atoms with Crippen LogP contribution in [0.3, 0.4) is 0 Å². The van der Waals surface area contributed by atoms with Crippen LogP contribution in [0, 0.1) is 17.2 Å². The van der Waals surface area contributed by atoms with E-state index in [1.54, 1.807) is 18.2 Å². The van der Waals surface area contributed by atoms with Crippen molar-refractivity contribution in [3.63, 3.8) is 0 Å². The summed E-state index contributed by atoms with van der Waals surface area (Å²) in [4.78, 5) is 17.1. The maximum Gasteiger partial charge on any atom is 0.228 e. The van der Waals surface area contributed by atoms with E-state index in [0.717, 1.165) is 32.4 Å². The van der Waals surface area contributed by atoms with E-state index in [4.69, 9.17) is 4.42 Å². The van der Waals surface area contributed by atoms with Crippen LogP contribution in [-0.2, 0) is 4.79 Å². The number of nitrogens with zero attached hydrogens (tertiary/aromatic N) is 1. The molecule has 2 aromatic carbocycles. The Kier molecular flexibility index (Phi) is 3.75. The van der Waals surface area contributed by atoms with Gasteiger partial charge in [-0.15, -0.1) is 0 Å². The predicted molar refractivity (Wildman–Crippen MR) is 101 cm³/mol. The molecule has 27 heavy (non-hydrogen) atoms. The number of nitrogens with one attached hydrogen (secondary N) is 2. The van der Waals surface area contributed by atoms with Crippen molar-refractivity contribution in [2.24, 2.45) is 11.3 Å². The third kappa shape index (κ3) is 3.00. The minimum atomic E-state index is -0.300. The summed E-state index contributed by atoms with van der Waals surface area (Å²) in [6.07, 6.45) is 3.14. The number of anilines is 1. The van der Waals surface area contributed by atoms with Crippen molar-refractivity contribution in [3.05, 3.63) is 48.3 Å². The molecule has 2 N–H and O–H groups in total. The van der Waals surface area contributed by atoms with Crippen molar-refractivity contribution >= 4 is 22.7 Å². The fourth-order valence-electron chi connectivity index (χ4n) is 4.14. The summed E-state index contributed by atoms with van der Waals surface area (Å²) < 4.78 is 18.9. The highest BCUT2D eigenvalue weighted by molar-refractivity contribution is 5.96. The van der Waals surface area contributed by atoms with Gasteiger partial charge in [0.15, 0.2) is 5.58 Å². The van der Waals surface area contributed by atoms with Gasteiger partial charge in [-0.1, -0.05) is 0 Å². The first-order valence-corrected chi connectivity index (χ1v) is 9.31. The third-order valence-electron chi connectivity index (χ3n) is 5.85. The SMILES string of the molecule is O=C(Nc1ccc2nc(-c3ccc(F)cc3)oc2c1)C1CC12CCNCC2. The standard InChI is InChI=1S/C21H20FN3O2/c22-14-3-1-13(2-4-14)20-25-17-6-5-15(11-18(17)27-20)24-19(26)16-12-21(16)7-9-23-10-8-21/h1-6,11,16,23H,7-10,12H2,(H,24,26). The number of carbonyl (C=O) groups excluding carboxylic acids is 1. The van der Waals surface area contributed by atoms with E-state index in [1.165, 1.54) is 12.1 Å². The van der Waals surface area contributed by atoms with E-state index in [-0.39, 0.29) is 23.1 Å². The van der Waals surface area contributed by atoms with Crippen LogP contribution in [0.2, 0.25) is 0 Å². The number of amides is 1. The zero-order chi connectivity index (χ0) is 18.4. The molecule has 2 aliphatic rings. The average molecular weight is 365 g/mol. The molecule has 1 atom stereocenters. The van der Waals surface area contributed by atoms with Gasteiger partial charge in [0, 0.05) is 23.2 Å². The van der Waals surface area contributed by atoms with E-state index in [0.29, 0.717) is 28.2 Å². The largest absolute Gasteiger partial charge is 0.436 e. The summed E-state index contributed by atoms with van der Waals surface area (Å²) >= 11 is 0. The first kappa shape index (κ1) is 16.4. The number of hydrogen-bond acceptors (Lipinski definition) is 4. The van der Waals surface area contributed by atoms with Crippen LogP contribution in [0.15, 0.2) is 46.9 Å². The first-order chi connectivity index (χ1) is 13.1. The highest BCUT2D eigenvalue weighted by Crippen LogP contribution is 2.58. The summed E-state index contributed by atoms with van der Waals surface area (Å²) in [5.41, 5.74) is 2.93. The summed E-state index contributed by atoms with van der Waals surface area (Å²) in [6, 6.07) is 11.5. The number of piperidine rings is 1. The molecule has 2 heterocycles. The molecule has 0 bridgehead atoms. The van der Waals surface area contributed by atoms with Gasteiger partial charge in [-0.3, -0.25) is 4.79 Å². The van der Waals surface area contributed by atoms with Crippen molar-refractivity contribution in [2.75, 3.05) is 18.4 Å². The number of benzene rings is 2. The highest BCUT2D eigenvalue weighted by atomic mass is 19.1. The molecular weight excluding hydrogens is 345 g/mol. The molecule has 1 aliphatic heterocycles. The topological polar surface area (TPSA) is 67.2 Å². The zero-order valence-electron chi connectivity index (χ0n) is 14.8. The zero-order valence-corrected chi connectivity index (χ0v) is 14.8. The van der Waals surface area contributed by atoms with E-state index >= 15 is 0 Å². The van der Waals surface area contributed by atoms with Crippen LogP contribution >= 0.6 is 0 Å². The number of aromatic nitrogens is 1. The molecule has 1 spiro atoms. The minimum absolute atomic E-state index is 0.0922. The Bertz CT molecular complexity index is 1010. The molecule has 6 heteroatoms. The number of halogens is 1. The van der Waals surface area contributed by atoms with Gasteiger partial charge in [0.2, 0.25) is 11.8 Å². The molecule has 5 nitrogen and oxygen atoms in total. The summed E-state index contributed by atoms with van der Waals surface area (Å²) in [5.74, 6) is 0.338. The molecule has 5 rings (SSSR count). The molecule has 1 unspecified atom stereocenters. The van der Waals surface area contributed by atoms with Gasteiger partial charge in [-0.25, -0.2) is 9.37 Å². The van der Waals surface area contributed by atoms with Crippen LogP contribution < -0.4 is 10.6 Å². The Balaban J connectivity index is 1.34. The molecule has 1 aliphatic carbocycles. The second-order valence-corrected chi connectivity index (χ2v) is 7.57. The lowest BCUT2D eigenvalue weighted by Crippen LogP contribution is -2.31. The normalized spacial score (nSPS) is 20.7. The summed E-state index contributed by atoms with van der Waals surface area (Å²) in [7, 11) is 0. The fourth-order valence-corrected chi connectivity index (χ4v) is 4.14. The number of rotatable bonds is 3. The molecular formula is C21H20FN3O2. The lowest BCUT2D eigenvalue weighted by atomic mass is 9.92. The smallest absolute Gasteiger partial charge is 0.228 e. The van der Waals surface area contributed by atoms with Crippen molar-refractivity contribution in [3.8, 4) is 11.5 Å². The molecule has 1 aromatic heterocycles. The highest BCUT2D eigenvalue weighted by Gasteiger charge is 2.57. The van der Waals surface area contributed by atoms with Crippen LogP contribution in [0.1, 0.15) is 19.3 Å².